The largest absolute Gasteiger partial charge is 0.274 e. The zero-order valence-electron chi connectivity index (χ0n) is 6.65. The Morgan fingerprint density at radius 1 is 1.60 bits per heavy atom. The molecule has 0 spiro atoms. The highest BCUT2D eigenvalue weighted by Gasteiger charge is 2.06. The first kappa shape index (κ1) is 9.98. The van der Waals surface area contributed by atoms with E-state index < -0.39 is 0 Å². The number of carbonyl (C=O) groups excluding carboxylic acids is 1. The lowest BCUT2D eigenvalue weighted by Crippen LogP contribution is -2.17. The average molecular weight is 179 g/mol. The molecule has 2 nitrogen and oxygen atoms in total. The lowest BCUT2D eigenvalue weighted by molar-refractivity contribution is -0.125. The van der Waals surface area contributed by atoms with Gasteiger partial charge in [0.1, 0.15) is 0 Å². The summed E-state index contributed by atoms with van der Waals surface area (Å²) in [4.78, 5) is 10.9. The fraction of sp³-hybridized carbons (Fsp3) is 0.833. The Hall–Kier alpha value is -0.0231. The smallest absolute Gasteiger partial charge is 0.236 e. The summed E-state index contributed by atoms with van der Waals surface area (Å²) in [6.07, 6.45) is 0.599. The van der Waals surface area contributed by atoms with Gasteiger partial charge in [0.2, 0.25) is 5.91 Å². The molecule has 0 atom stereocenters. The minimum atomic E-state index is -0.269. The maximum Gasteiger partial charge on any atom is 0.236 e. The number of hydrogen-bond acceptors (Lipinski definition) is 1. The summed E-state index contributed by atoms with van der Waals surface area (Å²) in [7, 11) is 1.30. The Labute approximate surface area is 68.9 Å². The minimum Gasteiger partial charge on any atom is -0.274 e. The van der Waals surface area contributed by atoms with Gasteiger partial charge in [-0.1, -0.05) is 19.1 Å². The minimum absolute atomic E-state index is 0.0212. The van der Waals surface area contributed by atoms with Crippen molar-refractivity contribution in [1.82, 2.24) is 4.42 Å². The topological polar surface area (TPSA) is 20.3 Å². The van der Waals surface area contributed by atoms with Crippen molar-refractivity contribution < 1.29 is 4.79 Å². The molecule has 0 rings (SSSR count). The highest BCUT2D eigenvalue weighted by atomic mass is 35.5. The Morgan fingerprint density at radius 2 is 2.10 bits per heavy atom. The average Bonchev–Trinajstić information content (AvgIpc) is 1.82. The zero-order chi connectivity index (χ0) is 8.15. The van der Waals surface area contributed by atoms with Crippen LogP contribution >= 0.6 is 11.8 Å². The van der Waals surface area contributed by atoms with E-state index in [1.807, 2.05) is 0 Å². The summed E-state index contributed by atoms with van der Waals surface area (Å²) < 4.78 is 1.13. The predicted molar refractivity (Wildman–Crippen MR) is 45.5 cm³/mol. The van der Waals surface area contributed by atoms with Gasteiger partial charge in [0.15, 0.2) is 0 Å². The molecule has 0 aromatic carbocycles. The third-order valence-corrected chi connectivity index (χ3v) is 2.62. The van der Waals surface area contributed by atoms with Gasteiger partial charge in [-0.15, -0.1) is 0 Å². The van der Waals surface area contributed by atoms with Gasteiger partial charge in [0, 0.05) is 34.0 Å². The molecule has 1 radical (unpaired) electrons. The predicted octanol–water partition coefficient (Wildman–Crippen LogP) is 1.74. The van der Waals surface area contributed by atoms with Crippen LogP contribution in [0.2, 0.25) is 19.1 Å². The molecular formula is C6H13ClNOSi. The van der Waals surface area contributed by atoms with Gasteiger partial charge in [0.25, 0.3) is 0 Å². The Morgan fingerprint density at radius 3 is 2.40 bits per heavy atom. The molecule has 0 aromatic heterocycles. The van der Waals surface area contributed by atoms with Crippen molar-refractivity contribution in [2.75, 3.05) is 7.05 Å². The summed E-state index contributed by atoms with van der Waals surface area (Å²) in [6.45, 7) is 4.37. The zero-order valence-corrected chi connectivity index (χ0v) is 8.40. The first-order chi connectivity index (χ1) is 4.54. The molecule has 59 valence electrons. The Bertz CT molecular complexity index is 116. The van der Waals surface area contributed by atoms with Crippen molar-refractivity contribution in [2.24, 2.45) is 0 Å². The monoisotopic (exact) mass is 178 g/mol. The van der Waals surface area contributed by atoms with Crippen LogP contribution in [-0.2, 0) is 4.79 Å². The summed E-state index contributed by atoms with van der Waals surface area (Å²) in [5.74, 6) is 0.0212. The number of halogens is 1. The fourth-order valence-corrected chi connectivity index (χ4v) is 1.31. The van der Waals surface area contributed by atoms with Crippen LogP contribution < -0.4 is 0 Å². The summed E-state index contributed by atoms with van der Waals surface area (Å²) in [5.41, 5.74) is 0. The van der Waals surface area contributed by atoms with E-state index in [4.69, 9.17) is 11.8 Å². The van der Waals surface area contributed by atoms with Crippen molar-refractivity contribution in [3.05, 3.63) is 0 Å². The molecule has 0 fully saturated rings. The molecule has 1 amide bonds. The van der Waals surface area contributed by atoms with Crippen molar-refractivity contribution >= 4 is 26.5 Å². The molecular weight excluding hydrogens is 166 g/mol. The van der Waals surface area contributed by atoms with E-state index in [1.165, 1.54) is 0 Å². The molecule has 0 saturated heterocycles. The van der Waals surface area contributed by atoms with Crippen LogP contribution in [0.15, 0.2) is 0 Å². The van der Waals surface area contributed by atoms with Gasteiger partial charge >= 0.3 is 0 Å². The molecule has 0 aromatic rings. The number of nitrogens with zero attached hydrogens (tertiary/aromatic N) is 1. The molecule has 0 saturated carbocycles. The quantitative estimate of drug-likeness (QED) is 0.477. The molecule has 0 aliphatic heterocycles. The molecule has 0 N–H and O–H groups in total. The van der Waals surface area contributed by atoms with Gasteiger partial charge in [-0.3, -0.25) is 9.21 Å². The first-order valence-electron chi connectivity index (χ1n) is 3.25. The van der Waals surface area contributed by atoms with E-state index in [-0.39, 0.29) is 14.7 Å². The number of rotatable bonds is 3. The third kappa shape index (κ3) is 4.82. The van der Waals surface area contributed by atoms with E-state index in [0.717, 1.165) is 10.5 Å². The molecule has 0 unspecified atom stereocenters. The standard InChI is InChI=1S/C6H13ClNOSi/c1-8(7)6(9)4-5-10(2)3/h4-5H2,1-3H3. The highest BCUT2D eigenvalue weighted by molar-refractivity contribution is 6.56. The van der Waals surface area contributed by atoms with Crippen LogP contribution in [-0.4, -0.2) is 26.2 Å². The van der Waals surface area contributed by atoms with Crippen LogP contribution in [0.25, 0.3) is 0 Å². The molecule has 0 heterocycles. The van der Waals surface area contributed by atoms with Gasteiger partial charge in [-0.05, 0) is 0 Å². The van der Waals surface area contributed by atoms with E-state index in [9.17, 15) is 4.79 Å². The van der Waals surface area contributed by atoms with Crippen LogP contribution in [0.5, 0.6) is 0 Å². The molecule has 0 bridgehead atoms. The first-order valence-corrected chi connectivity index (χ1v) is 6.30. The number of hydrogen-bond donors (Lipinski definition) is 0. The fourth-order valence-electron chi connectivity index (χ4n) is 0.511. The second-order valence-corrected chi connectivity index (χ2v) is 6.00. The van der Waals surface area contributed by atoms with E-state index in [2.05, 4.69) is 13.1 Å². The van der Waals surface area contributed by atoms with Crippen molar-refractivity contribution in [1.29, 1.82) is 0 Å². The maximum atomic E-state index is 10.9. The van der Waals surface area contributed by atoms with Gasteiger partial charge < -0.3 is 0 Å². The van der Waals surface area contributed by atoms with Gasteiger partial charge in [0.05, 0.1) is 0 Å². The molecule has 0 aliphatic rings. The normalized spacial score (nSPS) is 10.1. The van der Waals surface area contributed by atoms with Gasteiger partial charge in [-0.25, -0.2) is 0 Å². The lowest BCUT2D eigenvalue weighted by atomic mass is 10.5. The highest BCUT2D eigenvalue weighted by Crippen LogP contribution is 2.01. The van der Waals surface area contributed by atoms with E-state index >= 15 is 0 Å². The summed E-state index contributed by atoms with van der Waals surface area (Å²) >= 11 is 5.41. The van der Waals surface area contributed by atoms with E-state index in [1.54, 1.807) is 7.05 Å². The van der Waals surface area contributed by atoms with Gasteiger partial charge in [-0.2, -0.15) is 0 Å². The lowest BCUT2D eigenvalue weighted by Gasteiger charge is -2.06. The molecule has 10 heavy (non-hydrogen) atoms. The third-order valence-electron chi connectivity index (χ3n) is 1.18. The molecule has 0 aliphatic carbocycles. The SMILES string of the molecule is CN(Cl)C(=O)CC[Si](C)C. The van der Waals surface area contributed by atoms with Crippen molar-refractivity contribution in [3.63, 3.8) is 0 Å². The van der Waals surface area contributed by atoms with Crippen LogP contribution in [0.1, 0.15) is 6.42 Å². The van der Waals surface area contributed by atoms with E-state index in [0.29, 0.717) is 6.42 Å². The maximum absolute atomic E-state index is 10.9. The number of amides is 1. The summed E-state index contributed by atoms with van der Waals surface area (Å²) in [6, 6.07) is 1.01. The molecule has 4 heteroatoms. The van der Waals surface area contributed by atoms with Crippen molar-refractivity contribution in [3.8, 4) is 0 Å². The second-order valence-electron chi connectivity index (χ2n) is 2.58. The Balaban J connectivity index is 3.40. The second kappa shape index (κ2) is 4.74. The summed E-state index contributed by atoms with van der Waals surface area (Å²) in [5, 5.41) is 0. The number of carbonyl (C=O) groups is 1. The van der Waals surface area contributed by atoms with Crippen LogP contribution in [0.4, 0.5) is 0 Å². The Kier molecular flexibility index (Phi) is 4.73. The van der Waals surface area contributed by atoms with Crippen LogP contribution in [0.3, 0.4) is 0 Å². The van der Waals surface area contributed by atoms with Crippen LogP contribution in [0, 0.1) is 0 Å². The van der Waals surface area contributed by atoms with Crippen molar-refractivity contribution in [2.45, 2.75) is 25.6 Å².